The van der Waals surface area contributed by atoms with E-state index in [9.17, 15) is 13.2 Å². The predicted molar refractivity (Wildman–Crippen MR) is 87.4 cm³/mol. The van der Waals surface area contributed by atoms with E-state index in [-0.39, 0.29) is 29.3 Å². The van der Waals surface area contributed by atoms with Gasteiger partial charge in [0.05, 0.1) is 17.4 Å². The Bertz CT molecular complexity index is 598. The maximum Gasteiger partial charge on any atom is 0.240 e. The molecule has 0 aromatic heterocycles. The third kappa shape index (κ3) is 5.60. The number of nitrogens with one attached hydrogen (secondary N) is 2. The average Bonchev–Trinajstić information content (AvgIpc) is 2.56. The van der Waals surface area contributed by atoms with Crippen molar-refractivity contribution in [2.75, 3.05) is 19.8 Å². The molecule has 0 bridgehead atoms. The zero-order chi connectivity index (χ0) is 16.7. The molecule has 6 nitrogen and oxygen atoms in total. The number of benzene rings is 1. The van der Waals surface area contributed by atoms with Gasteiger partial charge in [-0.3, -0.25) is 4.79 Å². The van der Waals surface area contributed by atoms with Crippen LogP contribution < -0.4 is 10.0 Å². The van der Waals surface area contributed by atoms with E-state index in [1.54, 1.807) is 30.3 Å². The molecule has 7 heteroatoms. The molecule has 1 fully saturated rings. The zero-order valence-electron chi connectivity index (χ0n) is 13.3. The van der Waals surface area contributed by atoms with Gasteiger partial charge in [-0.25, -0.2) is 13.1 Å². The second kappa shape index (κ2) is 8.42. The molecule has 1 aliphatic rings. The Balaban J connectivity index is 1.74. The Labute approximate surface area is 137 Å². The Morgan fingerprint density at radius 1 is 1.35 bits per heavy atom. The first-order chi connectivity index (χ1) is 11.0. The van der Waals surface area contributed by atoms with Crippen molar-refractivity contribution in [2.45, 2.75) is 37.1 Å². The van der Waals surface area contributed by atoms with Crippen LogP contribution in [0, 0.1) is 5.92 Å². The molecule has 0 radical (unpaired) electrons. The molecule has 2 rings (SSSR count). The van der Waals surface area contributed by atoms with Gasteiger partial charge in [-0.1, -0.05) is 18.2 Å². The number of hydrogen-bond acceptors (Lipinski definition) is 4. The SMILES string of the molecule is C[C@H](CCNS(=O)(=O)c1ccccc1)NC(=O)[C@H]1CCCOC1. The second-order valence-electron chi connectivity index (χ2n) is 5.82. The van der Waals surface area contributed by atoms with Crippen LogP contribution in [0.3, 0.4) is 0 Å². The van der Waals surface area contributed by atoms with Crippen molar-refractivity contribution >= 4 is 15.9 Å². The highest BCUT2D eigenvalue weighted by atomic mass is 32.2. The molecule has 0 unspecified atom stereocenters. The van der Waals surface area contributed by atoms with Crippen molar-refractivity contribution in [1.82, 2.24) is 10.0 Å². The fraction of sp³-hybridized carbons (Fsp3) is 0.562. The number of amides is 1. The van der Waals surface area contributed by atoms with Gasteiger partial charge in [-0.2, -0.15) is 0 Å². The monoisotopic (exact) mass is 340 g/mol. The molecule has 0 saturated carbocycles. The van der Waals surface area contributed by atoms with Crippen LogP contribution >= 0.6 is 0 Å². The summed E-state index contributed by atoms with van der Waals surface area (Å²) in [4.78, 5) is 12.3. The fourth-order valence-corrected chi connectivity index (χ4v) is 3.54. The lowest BCUT2D eigenvalue weighted by molar-refractivity contribution is -0.129. The van der Waals surface area contributed by atoms with Gasteiger partial charge in [0.15, 0.2) is 0 Å². The van der Waals surface area contributed by atoms with Gasteiger partial charge in [0.1, 0.15) is 0 Å². The normalized spacial score (nSPS) is 20.0. The van der Waals surface area contributed by atoms with Gasteiger partial charge < -0.3 is 10.1 Å². The number of carbonyl (C=O) groups excluding carboxylic acids is 1. The first kappa shape index (κ1) is 17.9. The molecule has 2 N–H and O–H groups in total. The highest BCUT2D eigenvalue weighted by Crippen LogP contribution is 2.14. The van der Waals surface area contributed by atoms with Crippen molar-refractivity contribution in [3.8, 4) is 0 Å². The number of rotatable bonds is 7. The number of hydrogen-bond donors (Lipinski definition) is 2. The Kier molecular flexibility index (Phi) is 6.56. The van der Waals surface area contributed by atoms with Crippen molar-refractivity contribution in [3.05, 3.63) is 30.3 Å². The van der Waals surface area contributed by atoms with Crippen molar-refractivity contribution in [1.29, 1.82) is 0 Å². The lowest BCUT2D eigenvalue weighted by Gasteiger charge is -2.23. The summed E-state index contributed by atoms with van der Waals surface area (Å²) in [7, 11) is -3.49. The molecule has 23 heavy (non-hydrogen) atoms. The molecule has 0 spiro atoms. The minimum Gasteiger partial charge on any atom is -0.381 e. The molecule has 1 heterocycles. The van der Waals surface area contributed by atoms with Crippen LogP contribution in [0.5, 0.6) is 0 Å². The van der Waals surface area contributed by atoms with E-state index in [0.717, 1.165) is 19.4 Å². The first-order valence-corrected chi connectivity index (χ1v) is 9.40. The van der Waals surface area contributed by atoms with Crippen LogP contribution in [0.2, 0.25) is 0 Å². The van der Waals surface area contributed by atoms with E-state index in [2.05, 4.69) is 10.0 Å². The number of carbonyl (C=O) groups is 1. The summed E-state index contributed by atoms with van der Waals surface area (Å²) < 4.78 is 32.0. The third-order valence-electron chi connectivity index (χ3n) is 3.84. The molecular formula is C16H24N2O4S. The first-order valence-electron chi connectivity index (χ1n) is 7.92. The van der Waals surface area contributed by atoms with E-state index in [4.69, 9.17) is 4.74 Å². The van der Waals surface area contributed by atoms with Crippen LogP contribution in [-0.4, -0.2) is 40.1 Å². The quantitative estimate of drug-likeness (QED) is 0.783. The van der Waals surface area contributed by atoms with Gasteiger partial charge in [0.25, 0.3) is 0 Å². The maximum absolute atomic E-state index is 12.1. The van der Waals surface area contributed by atoms with Crippen LogP contribution in [0.15, 0.2) is 35.2 Å². The second-order valence-corrected chi connectivity index (χ2v) is 7.59. The molecular weight excluding hydrogens is 316 g/mol. The molecule has 0 aliphatic carbocycles. The third-order valence-corrected chi connectivity index (χ3v) is 5.32. The summed E-state index contributed by atoms with van der Waals surface area (Å²) in [6.07, 6.45) is 2.29. The largest absolute Gasteiger partial charge is 0.381 e. The Hall–Kier alpha value is -1.44. The van der Waals surface area contributed by atoms with Crippen molar-refractivity contribution < 1.29 is 17.9 Å². The van der Waals surface area contributed by atoms with E-state index in [1.807, 2.05) is 6.92 Å². The van der Waals surface area contributed by atoms with E-state index >= 15 is 0 Å². The minimum atomic E-state index is -3.49. The maximum atomic E-state index is 12.1. The average molecular weight is 340 g/mol. The highest BCUT2D eigenvalue weighted by Gasteiger charge is 2.23. The van der Waals surface area contributed by atoms with Crippen molar-refractivity contribution in [3.63, 3.8) is 0 Å². The summed E-state index contributed by atoms with van der Waals surface area (Å²) in [5.41, 5.74) is 0. The van der Waals surface area contributed by atoms with Crippen LogP contribution in [-0.2, 0) is 19.6 Å². The molecule has 1 saturated heterocycles. The van der Waals surface area contributed by atoms with E-state index in [0.29, 0.717) is 13.0 Å². The van der Waals surface area contributed by atoms with E-state index in [1.165, 1.54) is 0 Å². The Morgan fingerprint density at radius 3 is 2.74 bits per heavy atom. The molecule has 2 atom stereocenters. The van der Waals surface area contributed by atoms with Crippen LogP contribution in [0.4, 0.5) is 0 Å². The molecule has 1 amide bonds. The van der Waals surface area contributed by atoms with Gasteiger partial charge in [0.2, 0.25) is 15.9 Å². The summed E-state index contributed by atoms with van der Waals surface area (Å²) in [6.45, 7) is 3.35. The molecule has 128 valence electrons. The summed E-state index contributed by atoms with van der Waals surface area (Å²) in [5, 5.41) is 2.92. The molecule has 1 aromatic carbocycles. The topological polar surface area (TPSA) is 84.5 Å². The van der Waals surface area contributed by atoms with Gasteiger partial charge in [-0.05, 0) is 38.3 Å². The van der Waals surface area contributed by atoms with Gasteiger partial charge in [-0.15, -0.1) is 0 Å². The lowest BCUT2D eigenvalue weighted by atomic mass is 10.0. The molecule has 1 aliphatic heterocycles. The summed E-state index contributed by atoms with van der Waals surface area (Å²) in [6, 6.07) is 8.15. The zero-order valence-corrected chi connectivity index (χ0v) is 14.1. The fourth-order valence-electron chi connectivity index (χ4n) is 2.47. The Morgan fingerprint density at radius 2 is 2.09 bits per heavy atom. The molecule has 1 aromatic rings. The lowest BCUT2D eigenvalue weighted by Crippen LogP contribution is -2.41. The van der Waals surface area contributed by atoms with Gasteiger partial charge >= 0.3 is 0 Å². The smallest absolute Gasteiger partial charge is 0.240 e. The van der Waals surface area contributed by atoms with E-state index < -0.39 is 10.0 Å². The minimum absolute atomic E-state index is 0.0110. The predicted octanol–water partition coefficient (Wildman–Crippen LogP) is 1.29. The van der Waals surface area contributed by atoms with Crippen LogP contribution in [0.1, 0.15) is 26.2 Å². The standard InChI is InChI=1S/C16H24N2O4S/c1-13(18-16(19)14-6-5-11-22-12-14)9-10-17-23(20,21)15-7-3-2-4-8-15/h2-4,7-8,13-14,17H,5-6,9-12H2,1H3,(H,18,19)/t13-,14+/m1/s1. The van der Waals surface area contributed by atoms with Gasteiger partial charge in [0, 0.05) is 19.2 Å². The summed E-state index contributed by atoms with van der Waals surface area (Å²) >= 11 is 0. The van der Waals surface area contributed by atoms with Crippen molar-refractivity contribution in [2.24, 2.45) is 5.92 Å². The van der Waals surface area contributed by atoms with Crippen LogP contribution in [0.25, 0.3) is 0 Å². The highest BCUT2D eigenvalue weighted by molar-refractivity contribution is 7.89. The number of sulfonamides is 1. The number of ether oxygens (including phenoxy) is 1. The summed E-state index contributed by atoms with van der Waals surface area (Å²) in [5.74, 6) is -0.102.